The van der Waals surface area contributed by atoms with Gasteiger partial charge in [0, 0.05) is 12.6 Å². The monoisotopic (exact) mass is 386 g/mol. The van der Waals surface area contributed by atoms with E-state index in [9.17, 15) is 13.2 Å². The summed E-state index contributed by atoms with van der Waals surface area (Å²) in [5.41, 5.74) is 1.17. The predicted octanol–water partition coefficient (Wildman–Crippen LogP) is 4.03. The van der Waals surface area contributed by atoms with E-state index in [-0.39, 0.29) is 5.75 Å². The average Bonchev–Trinajstić information content (AvgIpc) is 2.57. The maximum atomic E-state index is 12.3. The largest absolute Gasteiger partial charge is 0.319 e. The number of para-hydroxylation sites is 1. The number of hydrogen-bond donors (Lipinski definition) is 1. The quantitative estimate of drug-likeness (QED) is 0.842. The standard InChI is InChI=1S/C16H16Cl2N2O3S/c1-3-24(22,23)20(2)12-9-7-11(8-10-12)16(21)19-15-13(17)5-4-6-14(15)18/h4-10H,3H2,1-2H3,(H,19,21). The molecule has 8 heteroatoms. The molecule has 0 unspecified atom stereocenters. The summed E-state index contributed by atoms with van der Waals surface area (Å²) in [7, 11) is -1.88. The van der Waals surface area contributed by atoms with Crippen molar-refractivity contribution in [3.8, 4) is 0 Å². The number of sulfonamides is 1. The van der Waals surface area contributed by atoms with Crippen LogP contribution in [0.2, 0.25) is 10.0 Å². The summed E-state index contributed by atoms with van der Waals surface area (Å²) < 4.78 is 24.9. The zero-order chi connectivity index (χ0) is 17.9. The number of rotatable bonds is 5. The van der Waals surface area contributed by atoms with Crippen molar-refractivity contribution in [3.05, 3.63) is 58.1 Å². The highest BCUT2D eigenvalue weighted by molar-refractivity contribution is 7.92. The van der Waals surface area contributed by atoms with Gasteiger partial charge in [0.25, 0.3) is 5.91 Å². The lowest BCUT2D eigenvalue weighted by Gasteiger charge is -2.18. The Hall–Kier alpha value is -1.76. The van der Waals surface area contributed by atoms with Gasteiger partial charge in [-0.2, -0.15) is 0 Å². The zero-order valence-corrected chi connectivity index (χ0v) is 15.4. The summed E-state index contributed by atoms with van der Waals surface area (Å²) in [6.07, 6.45) is 0. The number of benzene rings is 2. The molecule has 0 radical (unpaired) electrons. The Morgan fingerprint density at radius 2 is 1.62 bits per heavy atom. The number of halogens is 2. The van der Waals surface area contributed by atoms with Gasteiger partial charge in [0.15, 0.2) is 0 Å². The van der Waals surface area contributed by atoms with Crippen LogP contribution in [0.25, 0.3) is 0 Å². The van der Waals surface area contributed by atoms with E-state index in [4.69, 9.17) is 23.2 Å². The fraction of sp³-hybridized carbons (Fsp3) is 0.188. The first kappa shape index (κ1) is 18.6. The smallest absolute Gasteiger partial charge is 0.255 e. The molecule has 0 bridgehead atoms. The summed E-state index contributed by atoms with van der Waals surface area (Å²) in [5.74, 6) is -0.394. The Morgan fingerprint density at radius 1 is 1.08 bits per heavy atom. The highest BCUT2D eigenvalue weighted by Gasteiger charge is 2.17. The highest BCUT2D eigenvalue weighted by atomic mass is 35.5. The topological polar surface area (TPSA) is 66.5 Å². The van der Waals surface area contributed by atoms with Gasteiger partial charge in [0.2, 0.25) is 10.0 Å². The molecule has 0 aliphatic heterocycles. The first-order valence-electron chi connectivity index (χ1n) is 7.08. The zero-order valence-electron chi connectivity index (χ0n) is 13.1. The Labute approximate surface area is 151 Å². The molecule has 1 N–H and O–H groups in total. The van der Waals surface area contributed by atoms with E-state index in [1.165, 1.54) is 23.5 Å². The van der Waals surface area contributed by atoms with Crippen LogP contribution in [0, 0.1) is 0 Å². The third kappa shape index (κ3) is 4.01. The Bertz CT molecular complexity index is 832. The van der Waals surface area contributed by atoms with E-state index in [0.717, 1.165) is 0 Å². The maximum absolute atomic E-state index is 12.3. The molecule has 0 aliphatic rings. The molecule has 5 nitrogen and oxygen atoms in total. The van der Waals surface area contributed by atoms with Gasteiger partial charge in [0.1, 0.15) is 0 Å². The van der Waals surface area contributed by atoms with Gasteiger partial charge in [-0.05, 0) is 43.3 Å². The van der Waals surface area contributed by atoms with E-state index in [2.05, 4.69) is 5.32 Å². The highest BCUT2D eigenvalue weighted by Crippen LogP contribution is 2.30. The molecule has 2 rings (SSSR count). The molecule has 0 saturated heterocycles. The van der Waals surface area contributed by atoms with Crippen LogP contribution in [0.4, 0.5) is 11.4 Å². The van der Waals surface area contributed by atoms with Crippen LogP contribution < -0.4 is 9.62 Å². The van der Waals surface area contributed by atoms with Gasteiger partial charge in [-0.25, -0.2) is 8.42 Å². The molecule has 2 aromatic carbocycles. The molecule has 0 atom stereocenters. The normalized spacial score (nSPS) is 11.2. The third-order valence-electron chi connectivity index (χ3n) is 3.48. The summed E-state index contributed by atoms with van der Waals surface area (Å²) >= 11 is 12.0. The molecule has 2 aromatic rings. The number of carbonyl (C=O) groups is 1. The lowest BCUT2D eigenvalue weighted by molar-refractivity contribution is 0.102. The number of carbonyl (C=O) groups excluding carboxylic acids is 1. The Morgan fingerprint density at radius 3 is 2.12 bits per heavy atom. The molecular formula is C16H16Cl2N2O3S. The average molecular weight is 387 g/mol. The fourth-order valence-electron chi connectivity index (χ4n) is 1.98. The Kier molecular flexibility index (Phi) is 5.74. The molecule has 1 amide bonds. The number of nitrogens with zero attached hydrogens (tertiary/aromatic N) is 1. The van der Waals surface area contributed by atoms with Crippen molar-refractivity contribution in [1.82, 2.24) is 0 Å². The molecule has 24 heavy (non-hydrogen) atoms. The predicted molar refractivity (Wildman–Crippen MR) is 98.7 cm³/mol. The van der Waals surface area contributed by atoms with Crippen molar-refractivity contribution in [2.45, 2.75) is 6.92 Å². The van der Waals surface area contributed by atoms with Crippen LogP contribution >= 0.6 is 23.2 Å². The first-order chi connectivity index (χ1) is 11.3. The van der Waals surface area contributed by atoms with Crippen LogP contribution in [-0.4, -0.2) is 27.1 Å². The van der Waals surface area contributed by atoms with E-state index < -0.39 is 15.9 Å². The third-order valence-corrected chi connectivity index (χ3v) is 5.88. The van der Waals surface area contributed by atoms with E-state index >= 15 is 0 Å². The summed E-state index contributed by atoms with van der Waals surface area (Å²) in [6, 6.07) is 11.1. The van der Waals surface area contributed by atoms with Gasteiger partial charge in [-0.1, -0.05) is 29.3 Å². The van der Waals surface area contributed by atoms with Crippen LogP contribution in [-0.2, 0) is 10.0 Å². The lowest BCUT2D eigenvalue weighted by atomic mass is 10.2. The van der Waals surface area contributed by atoms with Gasteiger partial charge >= 0.3 is 0 Å². The van der Waals surface area contributed by atoms with Gasteiger partial charge < -0.3 is 5.32 Å². The minimum atomic E-state index is -3.35. The van der Waals surface area contributed by atoms with E-state index in [1.807, 2.05) is 0 Å². The van der Waals surface area contributed by atoms with Crippen LogP contribution in [0.1, 0.15) is 17.3 Å². The second-order valence-corrected chi connectivity index (χ2v) is 8.07. The summed E-state index contributed by atoms with van der Waals surface area (Å²) in [5, 5.41) is 3.32. The first-order valence-corrected chi connectivity index (χ1v) is 9.45. The van der Waals surface area contributed by atoms with Crippen LogP contribution in [0.15, 0.2) is 42.5 Å². The van der Waals surface area contributed by atoms with E-state index in [1.54, 1.807) is 37.3 Å². The van der Waals surface area contributed by atoms with Gasteiger partial charge in [0.05, 0.1) is 27.2 Å². The summed E-state index contributed by atoms with van der Waals surface area (Å²) in [4.78, 5) is 12.3. The second kappa shape index (κ2) is 7.42. The molecule has 0 heterocycles. The number of amides is 1. The van der Waals surface area contributed by atoms with Crippen molar-refractivity contribution in [1.29, 1.82) is 0 Å². The summed E-state index contributed by atoms with van der Waals surface area (Å²) in [6.45, 7) is 1.57. The minimum absolute atomic E-state index is 0.00323. The maximum Gasteiger partial charge on any atom is 0.255 e. The number of nitrogens with one attached hydrogen (secondary N) is 1. The van der Waals surface area contributed by atoms with Crippen molar-refractivity contribution in [3.63, 3.8) is 0 Å². The second-order valence-electron chi connectivity index (χ2n) is 4.97. The minimum Gasteiger partial charge on any atom is -0.319 e. The Balaban J connectivity index is 2.21. The van der Waals surface area contributed by atoms with Crippen LogP contribution in [0.3, 0.4) is 0 Å². The number of hydrogen-bond acceptors (Lipinski definition) is 3. The number of anilines is 2. The van der Waals surface area contributed by atoms with Crippen molar-refractivity contribution >= 4 is 50.5 Å². The fourth-order valence-corrected chi connectivity index (χ4v) is 3.30. The van der Waals surface area contributed by atoms with Crippen LogP contribution in [0.5, 0.6) is 0 Å². The van der Waals surface area contributed by atoms with E-state index in [0.29, 0.717) is 27.0 Å². The van der Waals surface area contributed by atoms with Gasteiger partial charge in [-0.3, -0.25) is 9.10 Å². The SMILES string of the molecule is CCS(=O)(=O)N(C)c1ccc(C(=O)Nc2c(Cl)cccc2Cl)cc1. The van der Waals surface area contributed by atoms with Crippen molar-refractivity contribution in [2.24, 2.45) is 0 Å². The van der Waals surface area contributed by atoms with Crippen molar-refractivity contribution in [2.75, 3.05) is 22.4 Å². The molecular weight excluding hydrogens is 371 g/mol. The molecule has 0 saturated carbocycles. The molecule has 128 valence electrons. The van der Waals surface area contributed by atoms with Crippen molar-refractivity contribution < 1.29 is 13.2 Å². The lowest BCUT2D eigenvalue weighted by Crippen LogP contribution is -2.28. The molecule has 0 aliphatic carbocycles. The molecule has 0 fully saturated rings. The van der Waals surface area contributed by atoms with Gasteiger partial charge in [-0.15, -0.1) is 0 Å². The molecule has 0 aromatic heterocycles. The molecule has 0 spiro atoms.